The monoisotopic (exact) mass is 428 g/mol. The van der Waals surface area contributed by atoms with Crippen LogP contribution in [0.3, 0.4) is 0 Å². The van der Waals surface area contributed by atoms with Crippen LogP contribution in [0.5, 0.6) is 0 Å². The van der Waals surface area contributed by atoms with E-state index in [1.165, 1.54) is 6.20 Å². The van der Waals surface area contributed by atoms with E-state index < -0.39 is 5.97 Å². The van der Waals surface area contributed by atoms with Gasteiger partial charge in [0, 0.05) is 5.39 Å². The highest BCUT2D eigenvalue weighted by Gasteiger charge is 2.19. The third-order valence-corrected chi connectivity index (χ3v) is 5.18. The second-order valence-corrected chi connectivity index (χ2v) is 7.41. The molecule has 0 atom stereocenters. The molecule has 1 amide bonds. The van der Waals surface area contributed by atoms with Gasteiger partial charge in [0.05, 0.1) is 40.8 Å². The molecular formula is C25H24N4O3. The van der Waals surface area contributed by atoms with Crippen LogP contribution in [-0.2, 0) is 4.74 Å². The van der Waals surface area contributed by atoms with Gasteiger partial charge in [0.2, 0.25) is 0 Å². The van der Waals surface area contributed by atoms with E-state index in [0.29, 0.717) is 34.9 Å². The topological polar surface area (TPSA) is 86.1 Å². The molecule has 2 heterocycles. The number of hydrogen-bond acceptors (Lipinski definition) is 5. The number of unbranched alkanes of at least 4 members (excludes halogenated alkanes) is 1. The number of amides is 1. The first-order valence-corrected chi connectivity index (χ1v) is 10.6. The van der Waals surface area contributed by atoms with Gasteiger partial charge in [-0.1, -0.05) is 43.7 Å². The number of nitrogens with zero attached hydrogens (tertiary/aromatic N) is 3. The number of carbonyl (C=O) groups excluding carboxylic acids is 2. The Bertz CT molecular complexity index is 1280. The Hall–Kier alpha value is -4.00. The molecule has 0 aliphatic carbocycles. The van der Waals surface area contributed by atoms with Gasteiger partial charge in [0.15, 0.2) is 5.82 Å². The third-order valence-electron chi connectivity index (χ3n) is 5.18. The average molecular weight is 428 g/mol. The molecule has 2 aromatic carbocycles. The van der Waals surface area contributed by atoms with Crippen LogP contribution >= 0.6 is 0 Å². The van der Waals surface area contributed by atoms with Crippen molar-refractivity contribution >= 4 is 28.5 Å². The minimum atomic E-state index is -0.456. The molecule has 0 aliphatic rings. The van der Waals surface area contributed by atoms with Gasteiger partial charge in [0.1, 0.15) is 0 Å². The van der Waals surface area contributed by atoms with Gasteiger partial charge in [0.25, 0.3) is 5.91 Å². The van der Waals surface area contributed by atoms with Crippen LogP contribution in [0.4, 0.5) is 5.69 Å². The van der Waals surface area contributed by atoms with E-state index in [1.54, 1.807) is 28.9 Å². The summed E-state index contributed by atoms with van der Waals surface area (Å²) in [6.07, 6.45) is 3.23. The normalized spacial score (nSPS) is 10.8. The number of carbonyl (C=O) groups is 2. The molecule has 2 aromatic heterocycles. The summed E-state index contributed by atoms with van der Waals surface area (Å²) in [4.78, 5) is 30.1. The summed E-state index contributed by atoms with van der Waals surface area (Å²) in [6, 6.07) is 18.5. The fourth-order valence-electron chi connectivity index (χ4n) is 3.38. The quantitative estimate of drug-likeness (QED) is 0.333. The largest absolute Gasteiger partial charge is 0.462 e. The summed E-state index contributed by atoms with van der Waals surface area (Å²) in [6.45, 7) is 4.18. The SMILES string of the molecule is CCCCOC(=O)c1ccccc1NC(=O)c1cnn(-c2ccc3ccccc3n2)c1C. The molecule has 0 spiro atoms. The standard InChI is InChI=1S/C25H24N4O3/c1-3-4-15-32-25(31)19-10-6-8-12-22(19)28-24(30)20-16-26-29(17(20)2)23-14-13-18-9-5-7-11-21(18)27-23/h5-14,16H,3-4,15H2,1-2H3,(H,28,30). The Kier molecular flexibility index (Phi) is 6.26. The Morgan fingerprint density at radius 3 is 2.62 bits per heavy atom. The van der Waals surface area contributed by atoms with Crippen molar-refractivity contribution in [2.45, 2.75) is 26.7 Å². The maximum atomic E-state index is 13.0. The van der Waals surface area contributed by atoms with E-state index >= 15 is 0 Å². The average Bonchev–Trinajstić information content (AvgIpc) is 3.20. The predicted octanol–water partition coefficient (Wildman–Crippen LogP) is 4.94. The molecule has 7 heteroatoms. The number of aromatic nitrogens is 3. The molecule has 32 heavy (non-hydrogen) atoms. The summed E-state index contributed by atoms with van der Waals surface area (Å²) in [5.74, 6) is -0.189. The first kappa shape index (κ1) is 21.2. The smallest absolute Gasteiger partial charge is 0.340 e. The zero-order valence-corrected chi connectivity index (χ0v) is 18.0. The van der Waals surface area contributed by atoms with Gasteiger partial charge in [-0.3, -0.25) is 4.79 Å². The summed E-state index contributed by atoms with van der Waals surface area (Å²) in [7, 11) is 0. The number of benzene rings is 2. The Morgan fingerprint density at radius 2 is 1.78 bits per heavy atom. The van der Waals surface area contributed by atoms with Crippen LogP contribution in [0.1, 0.15) is 46.2 Å². The molecular weight excluding hydrogens is 404 g/mol. The van der Waals surface area contributed by atoms with Gasteiger partial charge in [-0.2, -0.15) is 5.10 Å². The summed E-state index contributed by atoms with van der Waals surface area (Å²) in [5.41, 5.74) is 2.61. The minimum Gasteiger partial charge on any atom is -0.462 e. The number of esters is 1. The van der Waals surface area contributed by atoms with Crippen molar-refractivity contribution < 1.29 is 14.3 Å². The number of ether oxygens (including phenoxy) is 1. The highest BCUT2D eigenvalue weighted by Crippen LogP contribution is 2.20. The van der Waals surface area contributed by atoms with Gasteiger partial charge in [-0.05, 0) is 43.7 Å². The molecule has 0 unspecified atom stereocenters. The maximum Gasteiger partial charge on any atom is 0.340 e. The van der Waals surface area contributed by atoms with Crippen molar-refractivity contribution in [2.75, 3.05) is 11.9 Å². The number of rotatable bonds is 7. The zero-order valence-electron chi connectivity index (χ0n) is 18.0. The van der Waals surface area contributed by atoms with Gasteiger partial charge in [-0.15, -0.1) is 0 Å². The summed E-state index contributed by atoms with van der Waals surface area (Å²) < 4.78 is 6.93. The number of hydrogen-bond donors (Lipinski definition) is 1. The van der Waals surface area contributed by atoms with Crippen LogP contribution in [0, 0.1) is 6.92 Å². The van der Waals surface area contributed by atoms with Crippen molar-refractivity contribution in [3.8, 4) is 5.82 Å². The number of anilines is 1. The molecule has 0 saturated heterocycles. The fourth-order valence-corrected chi connectivity index (χ4v) is 3.38. The molecule has 7 nitrogen and oxygen atoms in total. The van der Waals surface area contributed by atoms with Crippen molar-refractivity contribution in [3.05, 3.63) is 83.7 Å². The second kappa shape index (κ2) is 9.43. The van der Waals surface area contributed by atoms with Crippen molar-refractivity contribution in [1.82, 2.24) is 14.8 Å². The molecule has 162 valence electrons. The van der Waals surface area contributed by atoms with E-state index in [1.807, 2.05) is 50.2 Å². The fraction of sp³-hybridized carbons (Fsp3) is 0.200. The second-order valence-electron chi connectivity index (χ2n) is 7.41. The first-order chi connectivity index (χ1) is 15.6. The highest BCUT2D eigenvalue weighted by atomic mass is 16.5. The van der Waals surface area contributed by atoms with Crippen LogP contribution in [-0.4, -0.2) is 33.2 Å². The highest BCUT2D eigenvalue weighted by molar-refractivity contribution is 6.08. The van der Waals surface area contributed by atoms with Gasteiger partial charge in [-0.25, -0.2) is 14.5 Å². The maximum absolute atomic E-state index is 13.0. The first-order valence-electron chi connectivity index (χ1n) is 10.6. The van der Waals surface area contributed by atoms with Crippen LogP contribution in [0.25, 0.3) is 16.7 Å². The lowest BCUT2D eigenvalue weighted by atomic mass is 10.1. The molecule has 0 bridgehead atoms. The van der Waals surface area contributed by atoms with E-state index in [2.05, 4.69) is 15.4 Å². The molecule has 0 aliphatic heterocycles. The van der Waals surface area contributed by atoms with E-state index in [4.69, 9.17) is 4.74 Å². The van der Waals surface area contributed by atoms with Crippen molar-refractivity contribution in [1.29, 1.82) is 0 Å². The van der Waals surface area contributed by atoms with Gasteiger partial charge < -0.3 is 10.1 Å². The predicted molar refractivity (Wildman–Crippen MR) is 123 cm³/mol. The lowest BCUT2D eigenvalue weighted by Crippen LogP contribution is -2.17. The molecule has 0 fully saturated rings. The Morgan fingerprint density at radius 1 is 1.00 bits per heavy atom. The van der Waals surface area contributed by atoms with Crippen molar-refractivity contribution in [3.63, 3.8) is 0 Å². The Balaban J connectivity index is 1.56. The Labute approximate surface area is 186 Å². The van der Waals surface area contributed by atoms with E-state index in [-0.39, 0.29) is 5.91 Å². The molecule has 0 radical (unpaired) electrons. The number of pyridine rings is 1. The third kappa shape index (κ3) is 4.37. The molecule has 0 saturated carbocycles. The van der Waals surface area contributed by atoms with Gasteiger partial charge >= 0.3 is 5.97 Å². The minimum absolute atomic E-state index is 0.318. The van der Waals surface area contributed by atoms with Crippen LogP contribution < -0.4 is 5.32 Å². The summed E-state index contributed by atoms with van der Waals surface area (Å²) >= 11 is 0. The number of fused-ring (bicyclic) bond motifs is 1. The molecule has 4 aromatic rings. The lowest BCUT2D eigenvalue weighted by Gasteiger charge is -2.11. The number of nitrogens with one attached hydrogen (secondary N) is 1. The van der Waals surface area contributed by atoms with Crippen LogP contribution in [0.15, 0.2) is 66.9 Å². The van der Waals surface area contributed by atoms with Crippen molar-refractivity contribution in [2.24, 2.45) is 0 Å². The lowest BCUT2D eigenvalue weighted by molar-refractivity contribution is 0.0501. The number of para-hydroxylation sites is 2. The molecule has 4 rings (SSSR count). The molecule has 1 N–H and O–H groups in total. The summed E-state index contributed by atoms with van der Waals surface area (Å²) in [5, 5.41) is 8.21. The zero-order chi connectivity index (χ0) is 22.5. The van der Waals surface area contributed by atoms with Crippen LogP contribution in [0.2, 0.25) is 0 Å². The van der Waals surface area contributed by atoms with E-state index in [0.717, 1.165) is 23.7 Å². The van der Waals surface area contributed by atoms with E-state index in [9.17, 15) is 9.59 Å².